The van der Waals surface area contributed by atoms with Gasteiger partial charge in [-0.25, -0.2) is 9.18 Å². The molecule has 0 saturated carbocycles. The number of aryl methyl sites for hydroxylation is 1. The summed E-state index contributed by atoms with van der Waals surface area (Å²) >= 11 is 5.88. The van der Waals surface area contributed by atoms with Crippen molar-refractivity contribution in [1.82, 2.24) is 14.7 Å². The summed E-state index contributed by atoms with van der Waals surface area (Å²) in [5.41, 5.74) is 2.90. The number of halogens is 2. The fourth-order valence-corrected chi connectivity index (χ4v) is 3.80. The Morgan fingerprint density at radius 1 is 1.19 bits per heavy atom. The molecule has 3 aromatic rings. The number of hydrogen-bond acceptors (Lipinski definition) is 4. The van der Waals surface area contributed by atoms with Crippen molar-refractivity contribution >= 4 is 29.0 Å². The summed E-state index contributed by atoms with van der Waals surface area (Å²) in [5, 5.41) is 10.5. The summed E-state index contributed by atoms with van der Waals surface area (Å²) in [5.74, 6) is 0.674. The molecule has 168 valence electrons. The van der Waals surface area contributed by atoms with Gasteiger partial charge in [0.2, 0.25) is 0 Å². The van der Waals surface area contributed by atoms with E-state index < -0.39 is 6.17 Å². The molecule has 1 unspecified atom stereocenters. The molecule has 7 nitrogen and oxygen atoms in total. The highest BCUT2D eigenvalue weighted by Crippen LogP contribution is 2.32. The molecular weight excluding hydrogens is 433 g/mol. The number of nitrogens with one attached hydrogen (secondary N) is 2. The van der Waals surface area contributed by atoms with E-state index in [0.717, 1.165) is 17.8 Å². The molecule has 1 saturated heterocycles. The molecule has 2 amide bonds. The van der Waals surface area contributed by atoms with Crippen molar-refractivity contribution in [1.29, 1.82) is 0 Å². The SMILES string of the molecule is Cn1nccc1-c1cc(NC(=O)Nc2ccc(Cl)cc2)ccc1OCCN1CCC(F)C1. The summed E-state index contributed by atoms with van der Waals surface area (Å²) in [6, 6.07) is 13.8. The maximum atomic E-state index is 13.4. The predicted octanol–water partition coefficient (Wildman–Crippen LogP) is 4.81. The zero-order valence-electron chi connectivity index (χ0n) is 17.7. The lowest BCUT2D eigenvalue weighted by Gasteiger charge is -2.17. The van der Waals surface area contributed by atoms with Crippen LogP contribution in [0.3, 0.4) is 0 Å². The van der Waals surface area contributed by atoms with Gasteiger partial charge in [0.15, 0.2) is 0 Å². The normalized spacial score (nSPS) is 16.2. The number of nitrogens with zero attached hydrogens (tertiary/aromatic N) is 3. The maximum absolute atomic E-state index is 13.4. The molecule has 1 fully saturated rings. The number of rotatable bonds is 7. The van der Waals surface area contributed by atoms with Crippen LogP contribution in [0.1, 0.15) is 6.42 Å². The number of carbonyl (C=O) groups excluding carboxylic acids is 1. The number of aromatic nitrogens is 2. The van der Waals surface area contributed by atoms with Crippen molar-refractivity contribution in [3.63, 3.8) is 0 Å². The Hall–Kier alpha value is -3.10. The van der Waals surface area contributed by atoms with Crippen molar-refractivity contribution in [2.45, 2.75) is 12.6 Å². The number of carbonyl (C=O) groups is 1. The van der Waals surface area contributed by atoms with Gasteiger partial charge in [0.25, 0.3) is 0 Å². The second kappa shape index (κ2) is 10.0. The van der Waals surface area contributed by atoms with Gasteiger partial charge in [-0.05, 0) is 55.0 Å². The first-order valence-electron chi connectivity index (χ1n) is 10.4. The second-order valence-electron chi connectivity index (χ2n) is 7.67. The Morgan fingerprint density at radius 3 is 2.62 bits per heavy atom. The Labute approximate surface area is 191 Å². The lowest BCUT2D eigenvalue weighted by atomic mass is 10.1. The van der Waals surface area contributed by atoms with Crippen LogP contribution in [0.5, 0.6) is 5.75 Å². The molecule has 1 aliphatic rings. The van der Waals surface area contributed by atoms with Crippen LogP contribution < -0.4 is 15.4 Å². The van der Waals surface area contributed by atoms with E-state index in [0.29, 0.717) is 48.3 Å². The molecule has 2 heterocycles. The first kappa shape index (κ1) is 22.1. The minimum Gasteiger partial charge on any atom is -0.492 e. The minimum absolute atomic E-state index is 0.369. The number of alkyl halides is 1. The summed E-state index contributed by atoms with van der Waals surface area (Å²) < 4.78 is 21.2. The average molecular weight is 458 g/mol. The first-order chi connectivity index (χ1) is 15.5. The average Bonchev–Trinajstić information content (AvgIpc) is 3.38. The molecular formula is C23H25ClFN5O2. The molecule has 0 spiro atoms. The largest absolute Gasteiger partial charge is 0.492 e. The highest BCUT2D eigenvalue weighted by molar-refractivity contribution is 6.30. The standard InChI is InChI=1S/C23H25ClFN5O2/c1-29-21(8-10-26-29)20-14-19(28-23(31)27-18-4-2-16(24)3-5-18)6-7-22(20)32-13-12-30-11-9-17(25)15-30/h2-8,10,14,17H,9,11-13,15H2,1H3,(H2,27,28,31). The van der Waals surface area contributed by atoms with Gasteiger partial charge in [0.05, 0.1) is 5.69 Å². The highest BCUT2D eigenvalue weighted by atomic mass is 35.5. The molecule has 0 radical (unpaired) electrons. The summed E-state index contributed by atoms with van der Waals surface area (Å²) in [4.78, 5) is 14.5. The summed E-state index contributed by atoms with van der Waals surface area (Å²) in [7, 11) is 1.85. The van der Waals surface area contributed by atoms with Gasteiger partial charge >= 0.3 is 6.03 Å². The molecule has 9 heteroatoms. The van der Waals surface area contributed by atoms with Gasteiger partial charge < -0.3 is 15.4 Å². The number of amides is 2. The van der Waals surface area contributed by atoms with Crippen LogP contribution >= 0.6 is 11.6 Å². The third-order valence-electron chi connectivity index (χ3n) is 5.32. The number of benzene rings is 2. The molecule has 0 aliphatic carbocycles. The molecule has 1 atom stereocenters. The fraction of sp³-hybridized carbons (Fsp3) is 0.304. The van der Waals surface area contributed by atoms with Crippen LogP contribution in [-0.4, -0.2) is 53.1 Å². The molecule has 32 heavy (non-hydrogen) atoms. The quantitative estimate of drug-likeness (QED) is 0.534. The Kier molecular flexibility index (Phi) is 6.92. The number of urea groups is 1. The van der Waals surface area contributed by atoms with E-state index in [1.807, 2.05) is 25.2 Å². The highest BCUT2D eigenvalue weighted by Gasteiger charge is 2.21. The first-order valence-corrected chi connectivity index (χ1v) is 10.8. The van der Waals surface area contributed by atoms with Gasteiger partial charge in [-0.15, -0.1) is 0 Å². The molecule has 4 rings (SSSR count). The van der Waals surface area contributed by atoms with Crippen molar-refractivity contribution in [3.8, 4) is 17.0 Å². The van der Waals surface area contributed by atoms with Gasteiger partial charge in [0.1, 0.15) is 18.5 Å². The molecule has 0 bridgehead atoms. The van der Waals surface area contributed by atoms with E-state index in [1.165, 1.54) is 0 Å². The fourth-order valence-electron chi connectivity index (χ4n) is 3.67. The van der Waals surface area contributed by atoms with Crippen molar-refractivity contribution < 1.29 is 13.9 Å². The summed E-state index contributed by atoms with van der Waals surface area (Å²) in [6.45, 7) is 2.32. The van der Waals surface area contributed by atoms with Gasteiger partial charge in [-0.2, -0.15) is 5.10 Å². The van der Waals surface area contributed by atoms with Crippen molar-refractivity contribution in [3.05, 3.63) is 59.8 Å². The molecule has 2 N–H and O–H groups in total. The van der Waals surface area contributed by atoms with E-state index in [2.05, 4.69) is 20.6 Å². The smallest absolute Gasteiger partial charge is 0.323 e. The Morgan fingerprint density at radius 2 is 1.94 bits per heavy atom. The zero-order valence-corrected chi connectivity index (χ0v) is 18.5. The van der Waals surface area contributed by atoms with Crippen LogP contribution in [0.15, 0.2) is 54.7 Å². The van der Waals surface area contributed by atoms with Crippen molar-refractivity contribution in [2.24, 2.45) is 7.05 Å². The Bertz CT molecular complexity index is 1070. The van der Waals surface area contributed by atoms with Crippen LogP contribution in [0.2, 0.25) is 5.02 Å². The third kappa shape index (κ3) is 5.57. The number of ether oxygens (including phenoxy) is 1. The molecule has 2 aromatic carbocycles. The lowest BCUT2D eigenvalue weighted by Crippen LogP contribution is -2.26. The van der Waals surface area contributed by atoms with E-state index in [4.69, 9.17) is 16.3 Å². The lowest BCUT2D eigenvalue weighted by molar-refractivity contribution is 0.225. The maximum Gasteiger partial charge on any atom is 0.323 e. The van der Waals surface area contributed by atoms with Crippen LogP contribution in [0, 0.1) is 0 Å². The Balaban J connectivity index is 1.46. The van der Waals surface area contributed by atoms with Crippen LogP contribution in [0.25, 0.3) is 11.3 Å². The van der Waals surface area contributed by atoms with E-state index in [1.54, 1.807) is 41.2 Å². The number of anilines is 2. The van der Waals surface area contributed by atoms with Gasteiger partial charge in [-0.3, -0.25) is 9.58 Å². The predicted molar refractivity (Wildman–Crippen MR) is 124 cm³/mol. The number of likely N-dealkylation sites (tertiary alicyclic amines) is 1. The number of hydrogen-bond donors (Lipinski definition) is 2. The molecule has 1 aromatic heterocycles. The van der Waals surface area contributed by atoms with Gasteiger partial charge in [-0.1, -0.05) is 11.6 Å². The minimum atomic E-state index is -0.746. The zero-order chi connectivity index (χ0) is 22.5. The van der Waals surface area contributed by atoms with Crippen molar-refractivity contribution in [2.75, 3.05) is 36.9 Å². The topological polar surface area (TPSA) is 71.4 Å². The van der Waals surface area contributed by atoms with E-state index in [-0.39, 0.29) is 6.03 Å². The van der Waals surface area contributed by atoms with Crippen LogP contribution in [-0.2, 0) is 7.05 Å². The van der Waals surface area contributed by atoms with Crippen LogP contribution in [0.4, 0.5) is 20.6 Å². The monoisotopic (exact) mass is 457 g/mol. The summed E-state index contributed by atoms with van der Waals surface area (Å²) in [6.07, 6.45) is 1.54. The third-order valence-corrected chi connectivity index (χ3v) is 5.57. The van der Waals surface area contributed by atoms with Gasteiger partial charge in [0, 0.05) is 54.8 Å². The van der Waals surface area contributed by atoms with E-state index >= 15 is 0 Å². The second-order valence-corrected chi connectivity index (χ2v) is 8.11. The van der Waals surface area contributed by atoms with E-state index in [9.17, 15) is 9.18 Å². The molecule has 1 aliphatic heterocycles.